The molecule has 0 amide bonds. The van der Waals surface area contributed by atoms with E-state index in [9.17, 15) is 0 Å². The molecule has 1 aliphatic carbocycles. The first-order chi connectivity index (χ1) is 9.83. The molecule has 0 aliphatic heterocycles. The van der Waals surface area contributed by atoms with E-state index in [2.05, 4.69) is 18.3 Å². The molecule has 20 heavy (non-hydrogen) atoms. The van der Waals surface area contributed by atoms with Crippen LogP contribution in [0.4, 0.5) is 0 Å². The fourth-order valence-electron chi connectivity index (χ4n) is 1.90. The smallest absolute Gasteiger partial charge is 0.127 e. The van der Waals surface area contributed by atoms with Gasteiger partial charge in [0.05, 0.1) is 13.2 Å². The predicted octanol–water partition coefficient (Wildman–Crippen LogP) is 2.75. The highest BCUT2D eigenvalue weighted by atomic mass is 16.5. The van der Waals surface area contributed by atoms with Crippen molar-refractivity contribution in [2.24, 2.45) is 0 Å². The van der Waals surface area contributed by atoms with Crippen molar-refractivity contribution >= 4 is 0 Å². The summed E-state index contributed by atoms with van der Waals surface area (Å²) in [7, 11) is 1.68. The number of nitrogens with one attached hydrogen (secondary N) is 1. The van der Waals surface area contributed by atoms with Crippen LogP contribution in [0.25, 0.3) is 0 Å². The molecule has 1 aromatic carbocycles. The SMILES string of the molecule is CCCOc1ccc(CNC2CC2)c(OCCOC)c1. The predicted molar refractivity (Wildman–Crippen MR) is 79.5 cm³/mol. The van der Waals surface area contributed by atoms with Crippen LogP contribution in [-0.2, 0) is 11.3 Å². The Balaban J connectivity index is 1.98. The first kappa shape index (κ1) is 15.1. The van der Waals surface area contributed by atoms with E-state index in [1.165, 1.54) is 18.4 Å². The first-order valence-corrected chi connectivity index (χ1v) is 7.44. The molecular weight excluding hydrogens is 254 g/mol. The maximum absolute atomic E-state index is 5.81. The second-order valence-electron chi connectivity index (χ2n) is 5.11. The summed E-state index contributed by atoms with van der Waals surface area (Å²) >= 11 is 0. The first-order valence-electron chi connectivity index (χ1n) is 7.44. The molecule has 1 aliphatic rings. The Bertz CT molecular complexity index is 405. The number of hydrogen-bond donors (Lipinski definition) is 1. The number of methoxy groups -OCH3 is 1. The molecule has 1 saturated carbocycles. The molecule has 0 heterocycles. The van der Waals surface area contributed by atoms with Crippen LogP contribution in [0, 0.1) is 0 Å². The highest BCUT2D eigenvalue weighted by Crippen LogP contribution is 2.27. The largest absolute Gasteiger partial charge is 0.493 e. The minimum absolute atomic E-state index is 0.560. The van der Waals surface area contributed by atoms with Crippen LogP contribution in [0.2, 0.25) is 0 Å². The Morgan fingerprint density at radius 2 is 2.00 bits per heavy atom. The second kappa shape index (κ2) is 8.12. The van der Waals surface area contributed by atoms with Gasteiger partial charge in [-0.2, -0.15) is 0 Å². The van der Waals surface area contributed by atoms with Crippen LogP contribution >= 0.6 is 0 Å². The van der Waals surface area contributed by atoms with E-state index in [1.807, 2.05) is 12.1 Å². The van der Waals surface area contributed by atoms with Crippen molar-refractivity contribution in [3.05, 3.63) is 23.8 Å². The van der Waals surface area contributed by atoms with Crippen LogP contribution in [0.3, 0.4) is 0 Å². The normalized spacial score (nSPS) is 14.3. The molecule has 4 nitrogen and oxygen atoms in total. The van der Waals surface area contributed by atoms with Gasteiger partial charge in [-0.05, 0) is 25.3 Å². The minimum Gasteiger partial charge on any atom is -0.493 e. The van der Waals surface area contributed by atoms with E-state index >= 15 is 0 Å². The van der Waals surface area contributed by atoms with Crippen LogP contribution in [0.1, 0.15) is 31.7 Å². The van der Waals surface area contributed by atoms with Gasteiger partial charge < -0.3 is 19.5 Å². The van der Waals surface area contributed by atoms with Crippen molar-refractivity contribution in [1.29, 1.82) is 0 Å². The zero-order chi connectivity index (χ0) is 14.2. The third kappa shape index (κ3) is 5.02. The molecule has 0 aromatic heterocycles. The summed E-state index contributed by atoms with van der Waals surface area (Å²) in [6, 6.07) is 6.78. The van der Waals surface area contributed by atoms with Crippen LogP contribution in [0.5, 0.6) is 11.5 Å². The van der Waals surface area contributed by atoms with E-state index in [-0.39, 0.29) is 0 Å². The van der Waals surface area contributed by atoms with Gasteiger partial charge in [0.1, 0.15) is 18.1 Å². The quantitative estimate of drug-likeness (QED) is 0.669. The standard InChI is InChI=1S/C16H25NO3/c1-3-8-19-15-7-4-13(12-17-14-5-6-14)16(11-15)20-10-9-18-2/h4,7,11,14,17H,3,5-6,8-10,12H2,1-2H3. The summed E-state index contributed by atoms with van der Waals surface area (Å²) in [6.07, 6.45) is 3.58. The average Bonchev–Trinajstić information content (AvgIpc) is 3.28. The maximum atomic E-state index is 5.81. The van der Waals surface area contributed by atoms with Crippen molar-refractivity contribution in [3.8, 4) is 11.5 Å². The van der Waals surface area contributed by atoms with Crippen molar-refractivity contribution in [1.82, 2.24) is 5.32 Å². The van der Waals surface area contributed by atoms with Gasteiger partial charge in [0.15, 0.2) is 0 Å². The highest BCUT2D eigenvalue weighted by molar-refractivity contribution is 5.40. The average molecular weight is 279 g/mol. The number of ether oxygens (including phenoxy) is 3. The summed E-state index contributed by atoms with van der Waals surface area (Å²) in [4.78, 5) is 0. The monoisotopic (exact) mass is 279 g/mol. The van der Waals surface area contributed by atoms with Crippen LogP contribution in [0.15, 0.2) is 18.2 Å². The third-order valence-corrected chi connectivity index (χ3v) is 3.22. The van der Waals surface area contributed by atoms with Gasteiger partial charge in [-0.15, -0.1) is 0 Å². The number of rotatable bonds is 10. The molecule has 1 aromatic rings. The fourth-order valence-corrected chi connectivity index (χ4v) is 1.90. The molecular formula is C16H25NO3. The molecule has 0 saturated heterocycles. The Labute approximate surface area is 121 Å². The molecule has 2 rings (SSSR count). The lowest BCUT2D eigenvalue weighted by Gasteiger charge is -2.14. The number of hydrogen-bond acceptors (Lipinski definition) is 4. The Morgan fingerprint density at radius 3 is 2.70 bits per heavy atom. The van der Waals surface area contributed by atoms with Gasteiger partial charge in [-0.1, -0.05) is 13.0 Å². The van der Waals surface area contributed by atoms with Crippen LogP contribution in [-0.4, -0.2) is 33.0 Å². The zero-order valence-corrected chi connectivity index (χ0v) is 12.5. The molecule has 0 bridgehead atoms. The Morgan fingerprint density at radius 1 is 1.15 bits per heavy atom. The molecule has 112 valence electrons. The van der Waals surface area contributed by atoms with Gasteiger partial charge >= 0.3 is 0 Å². The summed E-state index contributed by atoms with van der Waals surface area (Å²) in [5.41, 5.74) is 1.18. The lowest BCUT2D eigenvalue weighted by atomic mass is 10.2. The molecule has 4 heteroatoms. The lowest BCUT2D eigenvalue weighted by molar-refractivity contribution is 0.145. The highest BCUT2D eigenvalue weighted by Gasteiger charge is 2.20. The van der Waals surface area contributed by atoms with E-state index in [1.54, 1.807) is 7.11 Å². The topological polar surface area (TPSA) is 39.7 Å². The van der Waals surface area contributed by atoms with Crippen LogP contribution < -0.4 is 14.8 Å². The van der Waals surface area contributed by atoms with Crippen molar-refractivity contribution in [2.45, 2.75) is 38.8 Å². The molecule has 1 fully saturated rings. The summed E-state index contributed by atoms with van der Waals surface area (Å²) in [5, 5.41) is 3.51. The molecule has 0 radical (unpaired) electrons. The summed E-state index contributed by atoms with van der Waals surface area (Å²) < 4.78 is 16.5. The van der Waals surface area contributed by atoms with E-state index < -0.39 is 0 Å². The van der Waals surface area contributed by atoms with E-state index in [4.69, 9.17) is 14.2 Å². The molecule has 1 N–H and O–H groups in total. The Kier molecular flexibility index (Phi) is 6.15. The molecule has 0 spiro atoms. The minimum atomic E-state index is 0.560. The van der Waals surface area contributed by atoms with Crippen molar-refractivity contribution in [2.75, 3.05) is 26.9 Å². The van der Waals surface area contributed by atoms with Gasteiger partial charge in [-0.25, -0.2) is 0 Å². The summed E-state index contributed by atoms with van der Waals surface area (Å²) in [5.74, 6) is 1.76. The summed E-state index contributed by atoms with van der Waals surface area (Å²) in [6.45, 7) is 4.84. The van der Waals surface area contributed by atoms with Gasteiger partial charge in [0.25, 0.3) is 0 Å². The maximum Gasteiger partial charge on any atom is 0.127 e. The van der Waals surface area contributed by atoms with E-state index in [0.29, 0.717) is 19.3 Å². The fraction of sp³-hybridized carbons (Fsp3) is 0.625. The zero-order valence-electron chi connectivity index (χ0n) is 12.5. The van der Waals surface area contributed by atoms with Gasteiger partial charge in [0, 0.05) is 31.3 Å². The van der Waals surface area contributed by atoms with Crippen molar-refractivity contribution in [3.63, 3.8) is 0 Å². The Hall–Kier alpha value is -1.26. The van der Waals surface area contributed by atoms with E-state index in [0.717, 1.165) is 31.1 Å². The molecule has 0 atom stereocenters. The third-order valence-electron chi connectivity index (χ3n) is 3.22. The van der Waals surface area contributed by atoms with Crippen molar-refractivity contribution < 1.29 is 14.2 Å². The number of benzene rings is 1. The lowest BCUT2D eigenvalue weighted by Crippen LogP contribution is -2.16. The molecule has 0 unspecified atom stereocenters. The second-order valence-corrected chi connectivity index (χ2v) is 5.11. The van der Waals surface area contributed by atoms with Gasteiger partial charge in [0.2, 0.25) is 0 Å². The van der Waals surface area contributed by atoms with Gasteiger partial charge in [-0.3, -0.25) is 0 Å².